The van der Waals surface area contributed by atoms with E-state index in [9.17, 15) is 9.59 Å². The number of anilines is 2. The van der Waals surface area contributed by atoms with Crippen molar-refractivity contribution in [1.29, 1.82) is 0 Å². The molecule has 1 saturated carbocycles. The van der Waals surface area contributed by atoms with Gasteiger partial charge in [-0.25, -0.2) is 0 Å². The van der Waals surface area contributed by atoms with Gasteiger partial charge in [-0.1, -0.05) is 0 Å². The third kappa shape index (κ3) is 2.73. The molecule has 1 N–H and O–H groups in total. The third-order valence-electron chi connectivity index (χ3n) is 5.25. The first-order valence-electron chi connectivity index (χ1n) is 8.86. The molecule has 0 spiro atoms. The summed E-state index contributed by atoms with van der Waals surface area (Å²) in [6, 6.07) is 8.33. The maximum absolute atomic E-state index is 12.7. The van der Waals surface area contributed by atoms with Crippen molar-refractivity contribution in [2.45, 2.75) is 46.1 Å². The predicted molar refractivity (Wildman–Crippen MR) is 98.3 cm³/mol. The number of amides is 2. The van der Waals surface area contributed by atoms with E-state index in [1.54, 1.807) is 11.8 Å². The van der Waals surface area contributed by atoms with Gasteiger partial charge in [0, 0.05) is 42.3 Å². The molecule has 5 heteroatoms. The van der Waals surface area contributed by atoms with E-state index in [0.717, 1.165) is 40.3 Å². The van der Waals surface area contributed by atoms with Crippen LogP contribution >= 0.6 is 0 Å². The molecule has 130 valence electrons. The van der Waals surface area contributed by atoms with Crippen molar-refractivity contribution in [3.63, 3.8) is 0 Å². The second kappa shape index (κ2) is 5.76. The minimum atomic E-state index is -0.0682. The lowest BCUT2D eigenvalue weighted by Gasteiger charge is -2.15. The van der Waals surface area contributed by atoms with E-state index in [1.165, 1.54) is 12.8 Å². The molecular formula is C20H23N3O2. The molecule has 25 heavy (non-hydrogen) atoms. The van der Waals surface area contributed by atoms with E-state index >= 15 is 0 Å². The van der Waals surface area contributed by atoms with Crippen LogP contribution in [0.15, 0.2) is 24.3 Å². The van der Waals surface area contributed by atoms with Gasteiger partial charge in [0.2, 0.25) is 5.91 Å². The Morgan fingerprint density at radius 1 is 1.16 bits per heavy atom. The van der Waals surface area contributed by atoms with Crippen LogP contribution in [0, 0.1) is 13.8 Å². The van der Waals surface area contributed by atoms with Crippen LogP contribution in [0.2, 0.25) is 0 Å². The Morgan fingerprint density at radius 3 is 2.60 bits per heavy atom. The van der Waals surface area contributed by atoms with Crippen LogP contribution in [0.5, 0.6) is 0 Å². The summed E-state index contributed by atoms with van der Waals surface area (Å²) < 4.78 is 2.28. The average Bonchev–Trinajstić information content (AvgIpc) is 3.22. The normalized spacial score (nSPS) is 16.0. The summed E-state index contributed by atoms with van der Waals surface area (Å²) in [6.45, 7) is 6.38. The first-order chi connectivity index (χ1) is 12.0. The zero-order valence-electron chi connectivity index (χ0n) is 14.9. The molecule has 4 rings (SSSR count). The Hall–Kier alpha value is -2.56. The molecule has 2 aromatic rings. The molecule has 2 amide bonds. The summed E-state index contributed by atoms with van der Waals surface area (Å²) in [5, 5.41) is 3.02. The van der Waals surface area contributed by atoms with Gasteiger partial charge in [-0.2, -0.15) is 0 Å². The number of nitrogens with zero attached hydrogens (tertiary/aromatic N) is 2. The summed E-state index contributed by atoms with van der Waals surface area (Å²) in [5.41, 5.74) is 5.78. The fraction of sp³-hybridized carbons (Fsp3) is 0.400. The van der Waals surface area contributed by atoms with Crippen LogP contribution in [0.4, 0.5) is 11.4 Å². The second-order valence-corrected chi connectivity index (χ2v) is 7.10. The molecule has 2 heterocycles. The van der Waals surface area contributed by atoms with Gasteiger partial charge in [0.25, 0.3) is 5.91 Å². The molecule has 0 unspecified atom stereocenters. The molecule has 5 nitrogen and oxygen atoms in total. The van der Waals surface area contributed by atoms with Crippen LogP contribution < -0.4 is 10.2 Å². The van der Waals surface area contributed by atoms with E-state index in [-0.39, 0.29) is 11.8 Å². The Labute approximate surface area is 147 Å². The molecule has 1 aliphatic heterocycles. The molecule has 1 aromatic carbocycles. The van der Waals surface area contributed by atoms with Gasteiger partial charge >= 0.3 is 0 Å². The van der Waals surface area contributed by atoms with Crippen molar-refractivity contribution in [1.82, 2.24) is 4.57 Å². The molecule has 1 aliphatic carbocycles. The summed E-state index contributed by atoms with van der Waals surface area (Å²) >= 11 is 0. The number of aromatic nitrogens is 1. The van der Waals surface area contributed by atoms with Crippen molar-refractivity contribution in [3.8, 4) is 0 Å². The molecular weight excluding hydrogens is 314 g/mol. The van der Waals surface area contributed by atoms with Crippen molar-refractivity contribution >= 4 is 23.2 Å². The number of rotatable bonds is 3. The Bertz CT molecular complexity index is 877. The lowest BCUT2D eigenvalue weighted by atomic mass is 10.1. The lowest BCUT2D eigenvalue weighted by molar-refractivity contribution is -0.116. The van der Waals surface area contributed by atoms with Gasteiger partial charge in [-0.15, -0.1) is 0 Å². The molecule has 1 fully saturated rings. The zero-order chi connectivity index (χ0) is 17.7. The predicted octanol–water partition coefficient (Wildman–Crippen LogP) is 3.60. The van der Waals surface area contributed by atoms with Crippen LogP contribution in [0.1, 0.15) is 53.1 Å². The number of carbonyl (C=O) groups excluding carboxylic acids is 2. The number of aryl methyl sites for hydroxylation is 1. The van der Waals surface area contributed by atoms with E-state index in [0.29, 0.717) is 12.6 Å². The summed E-state index contributed by atoms with van der Waals surface area (Å²) in [4.78, 5) is 26.2. The largest absolute Gasteiger partial charge is 0.345 e. The average molecular weight is 337 g/mol. The van der Waals surface area contributed by atoms with Gasteiger partial charge in [-0.3, -0.25) is 9.59 Å². The number of benzene rings is 1. The number of hydrogen-bond acceptors (Lipinski definition) is 2. The molecule has 0 radical (unpaired) electrons. The fourth-order valence-electron chi connectivity index (χ4n) is 3.91. The van der Waals surface area contributed by atoms with Crippen molar-refractivity contribution in [2.75, 3.05) is 16.8 Å². The third-order valence-corrected chi connectivity index (χ3v) is 5.25. The highest BCUT2D eigenvalue weighted by atomic mass is 16.2. The number of carbonyl (C=O) groups is 2. The highest BCUT2D eigenvalue weighted by Crippen LogP contribution is 2.38. The Kier molecular flexibility index (Phi) is 3.67. The first-order valence-corrected chi connectivity index (χ1v) is 8.86. The maximum atomic E-state index is 12.7. The minimum Gasteiger partial charge on any atom is -0.345 e. The lowest BCUT2D eigenvalue weighted by Crippen LogP contribution is -2.25. The summed E-state index contributed by atoms with van der Waals surface area (Å²) in [5.74, 6) is -0.00979. The van der Waals surface area contributed by atoms with Gasteiger partial charge in [0.05, 0.1) is 5.56 Å². The highest BCUT2D eigenvalue weighted by molar-refractivity contribution is 6.05. The van der Waals surface area contributed by atoms with Crippen molar-refractivity contribution in [3.05, 3.63) is 46.8 Å². The topological polar surface area (TPSA) is 54.3 Å². The zero-order valence-corrected chi connectivity index (χ0v) is 14.9. The highest BCUT2D eigenvalue weighted by Gasteiger charge is 2.28. The smallest absolute Gasteiger partial charge is 0.257 e. The fourth-order valence-corrected chi connectivity index (χ4v) is 3.91. The van der Waals surface area contributed by atoms with Gasteiger partial charge in [-0.05, 0) is 62.9 Å². The molecule has 0 atom stereocenters. The SMILES string of the molecule is CC(=O)N1CCc2cc(NC(=O)c3cc(C)n(C4CC4)c3C)ccc21. The van der Waals surface area contributed by atoms with Gasteiger partial charge < -0.3 is 14.8 Å². The van der Waals surface area contributed by atoms with E-state index in [1.807, 2.05) is 31.2 Å². The Balaban J connectivity index is 1.56. The van der Waals surface area contributed by atoms with E-state index < -0.39 is 0 Å². The Morgan fingerprint density at radius 2 is 1.92 bits per heavy atom. The number of hydrogen-bond donors (Lipinski definition) is 1. The number of fused-ring (bicyclic) bond motifs is 1. The monoisotopic (exact) mass is 337 g/mol. The van der Waals surface area contributed by atoms with Crippen LogP contribution in [-0.2, 0) is 11.2 Å². The maximum Gasteiger partial charge on any atom is 0.257 e. The summed E-state index contributed by atoms with van der Waals surface area (Å²) in [6.07, 6.45) is 3.23. The van der Waals surface area contributed by atoms with Crippen LogP contribution in [0.3, 0.4) is 0 Å². The van der Waals surface area contributed by atoms with Gasteiger partial charge in [0.1, 0.15) is 0 Å². The second-order valence-electron chi connectivity index (χ2n) is 7.10. The van der Waals surface area contributed by atoms with E-state index in [4.69, 9.17) is 0 Å². The standard InChI is InChI=1S/C20H23N3O2/c1-12-10-18(13(2)23(12)17-5-6-17)20(25)21-16-4-7-19-15(11-16)8-9-22(19)14(3)24/h4,7,10-11,17H,5-6,8-9H2,1-3H3,(H,21,25). The van der Waals surface area contributed by atoms with Crippen LogP contribution in [-0.4, -0.2) is 22.9 Å². The van der Waals surface area contributed by atoms with Crippen molar-refractivity contribution in [2.24, 2.45) is 0 Å². The van der Waals surface area contributed by atoms with Crippen LogP contribution in [0.25, 0.3) is 0 Å². The molecule has 1 aromatic heterocycles. The molecule has 2 aliphatic rings. The minimum absolute atomic E-state index is 0.0584. The van der Waals surface area contributed by atoms with Gasteiger partial charge in [0.15, 0.2) is 0 Å². The van der Waals surface area contributed by atoms with Crippen molar-refractivity contribution < 1.29 is 9.59 Å². The first kappa shape index (κ1) is 15.9. The molecule has 0 bridgehead atoms. The number of nitrogens with one attached hydrogen (secondary N) is 1. The van der Waals surface area contributed by atoms with E-state index in [2.05, 4.69) is 16.8 Å². The quantitative estimate of drug-likeness (QED) is 0.930. The molecule has 0 saturated heterocycles. The summed E-state index contributed by atoms with van der Waals surface area (Å²) in [7, 11) is 0.